The highest BCUT2D eigenvalue weighted by molar-refractivity contribution is 5.83. The molecule has 2 rings (SSSR count). The van der Waals surface area contributed by atoms with Gasteiger partial charge in [-0.05, 0) is 31.0 Å². The zero-order valence-corrected chi connectivity index (χ0v) is 10.1. The van der Waals surface area contributed by atoms with Crippen molar-refractivity contribution in [3.05, 3.63) is 30.1 Å². The molecule has 3 N–H and O–H groups in total. The van der Waals surface area contributed by atoms with Crippen molar-refractivity contribution >= 4 is 11.6 Å². The zero-order valence-electron chi connectivity index (χ0n) is 10.1. The Morgan fingerprint density at radius 3 is 3.00 bits per heavy atom. The quantitative estimate of drug-likeness (QED) is 0.854. The van der Waals surface area contributed by atoms with Crippen LogP contribution in [0, 0.1) is 11.7 Å². The van der Waals surface area contributed by atoms with Crippen molar-refractivity contribution in [2.45, 2.75) is 18.9 Å². The third-order valence-corrected chi connectivity index (χ3v) is 3.12. The van der Waals surface area contributed by atoms with E-state index in [0.717, 1.165) is 19.4 Å². The molecule has 0 spiro atoms. The van der Waals surface area contributed by atoms with Crippen LogP contribution in [-0.2, 0) is 9.53 Å². The molecule has 1 aliphatic rings. The number of hydrogen-bond acceptors (Lipinski definition) is 3. The Kier molecular flexibility index (Phi) is 4.15. The van der Waals surface area contributed by atoms with Gasteiger partial charge in [-0.1, -0.05) is 6.07 Å². The molecule has 1 heterocycles. The molecule has 5 heteroatoms. The lowest BCUT2D eigenvalue weighted by Crippen LogP contribution is -2.44. The number of ether oxygens (including phenoxy) is 1. The topological polar surface area (TPSA) is 64.4 Å². The van der Waals surface area contributed by atoms with Crippen LogP contribution in [0.25, 0.3) is 0 Å². The van der Waals surface area contributed by atoms with Gasteiger partial charge in [0.2, 0.25) is 5.91 Å². The second kappa shape index (κ2) is 5.82. The fourth-order valence-corrected chi connectivity index (χ4v) is 2.21. The minimum Gasteiger partial charge on any atom is -0.381 e. The Hall–Kier alpha value is -1.62. The summed E-state index contributed by atoms with van der Waals surface area (Å²) in [6.45, 7) is 1.23. The van der Waals surface area contributed by atoms with E-state index in [2.05, 4.69) is 5.32 Å². The standard InChI is InChI=1S/C13H17FN2O2/c14-10-4-1-5-11(7-10)16-12(13(15)17)9-3-2-6-18-8-9/h1,4-5,7,9,12,16H,2-3,6,8H2,(H2,15,17). The molecule has 1 aliphatic heterocycles. The molecule has 1 amide bonds. The fraction of sp³-hybridized carbons (Fsp3) is 0.462. The summed E-state index contributed by atoms with van der Waals surface area (Å²) < 4.78 is 18.4. The summed E-state index contributed by atoms with van der Waals surface area (Å²) in [6, 6.07) is 5.48. The summed E-state index contributed by atoms with van der Waals surface area (Å²) in [5.41, 5.74) is 5.96. The molecule has 0 radical (unpaired) electrons. The van der Waals surface area contributed by atoms with E-state index in [4.69, 9.17) is 10.5 Å². The summed E-state index contributed by atoms with van der Waals surface area (Å²) >= 11 is 0. The van der Waals surface area contributed by atoms with E-state index in [1.807, 2.05) is 0 Å². The van der Waals surface area contributed by atoms with Gasteiger partial charge >= 0.3 is 0 Å². The van der Waals surface area contributed by atoms with Gasteiger partial charge in [0.05, 0.1) is 6.61 Å². The largest absolute Gasteiger partial charge is 0.381 e. The summed E-state index contributed by atoms with van der Waals surface area (Å²) in [6.07, 6.45) is 1.80. The van der Waals surface area contributed by atoms with Crippen LogP contribution in [0.15, 0.2) is 24.3 Å². The number of amides is 1. The molecule has 0 aliphatic carbocycles. The highest BCUT2D eigenvalue weighted by atomic mass is 19.1. The summed E-state index contributed by atoms with van der Waals surface area (Å²) in [7, 11) is 0. The fourth-order valence-electron chi connectivity index (χ4n) is 2.21. The Balaban J connectivity index is 2.08. The van der Waals surface area contributed by atoms with Gasteiger partial charge in [0.25, 0.3) is 0 Å². The Morgan fingerprint density at radius 1 is 1.56 bits per heavy atom. The number of benzene rings is 1. The predicted molar refractivity (Wildman–Crippen MR) is 66.5 cm³/mol. The first-order valence-corrected chi connectivity index (χ1v) is 6.06. The maximum atomic E-state index is 13.1. The van der Waals surface area contributed by atoms with Crippen molar-refractivity contribution in [3.63, 3.8) is 0 Å². The predicted octanol–water partition coefficient (Wildman–Crippen LogP) is 1.52. The summed E-state index contributed by atoms with van der Waals surface area (Å²) in [5.74, 6) is -0.739. The van der Waals surface area contributed by atoms with E-state index in [0.29, 0.717) is 12.3 Å². The van der Waals surface area contributed by atoms with Crippen molar-refractivity contribution < 1.29 is 13.9 Å². The maximum Gasteiger partial charge on any atom is 0.240 e. The van der Waals surface area contributed by atoms with Crippen LogP contribution in [-0.4, -0.2) is 25.2 Å². The molecule has 0 aromatic heterocycles. The van der Waals surface area contributed by atoms with Crippen LogP contribution in [0.3, 0.4) is 0 Å². The molecule has 1 aromatic carbocycles. The van der Waals surface area contributed by atoms with Crippen LogP contribution in [0.2, 0.25) is 0 Å². The molecular formula is C13H17FN2O2. The Labute approximate surface area is 105 Å². The van der Waals surface area contributed by atoms with E-state index in [1.165, 1.54) is 12.1 Å². The molecule has 1 aromatic rings. The number of anilines is 1. The van der Waals surface area contributed by atoms with Gasteiger partial charge in [-0.25, -0.2) is 4.39 Å². The first-order valence-electron chi connectivity index (χ1n) is 6.06. The first kappa shape index (κ1) is 12.8. The molecular weight excluding hydrogens is 235 g/mol. The first-order chi connectivity index (χ1) is 8.66. The Bertz CT molecular complexity index is 419. The van der Waals surface area contributed by atoms with Crippen molar-refractivity contribution in [1.82, 2.24) is 0 Å². The number of carbonyl (C=O) groups is 1. The second-order valence-electron chi connectivity index (χ2n) is 4.51. The van der Waals surface area contributed by atoms with E-state index in [-0.39, 0.29) is 11.7 Å². The smallest absolute Gasteiger partial charge is 0.240 e. The zero-order chi connectivity index (χ0) is 13.0. The van der Waals surface area contributed by atoms with Gasteiger partial charge in [-0.2, -0.15) is 0 Å². The van der Waals surface area contributed by atoms with Gasteiger partial charge < -0.3 is 15.8 Å². The molecule has 1 fully saturated rings. The van der Waals surface area contributed by atoms with Crippen LogP contribution < -0.4 is 11.1 Å². The number of carbonyl (C=O) groups excluding carboxylic acids is 1. The molecule has 2 atom stereocenters. The van der Waals surface area contributed by atoms with Crippen molar-refractivity contribution in [1.29, 1.82) is 0 Å². The normalized spacial score (nSPS) is 21.3. The number of nitrogens with one attached hydrogen (secondary N) is 1. The monoisotopic (exact) mass is 252 g/mol. The van der Waals surface area contributed by atoms with Gasteiger partial charge in [0.15, 0.2) is 0 Å². The minimum absolute atomic E-state index is 0.0412. The van der Waals surface area contributed by atoms with Gasteiger partial charge in [-0.3, -0.25) is 4.79 Å². The molecule has 2 unspecified atom stereocenters. The lowest BCUT2D eigenvalue weighted by atomic mass is 9.93. The highest BCUT2D eigenvalue weighted by Crippen LogP contribution is 2.21. The molecule has 4 nitrogen and oxygen atoms in total. The number of primary amides is 1. The summed E-state index contributed by atoms with van der Waals surface area (Å²) in [4.78, 5) is 11.5. The van der Waals surface area contributed by atoms with E-state index in [1.54, 1.807) is 12.1 Å². The van der Waals surface area contributed by atoms with Gasteiger partial charge in [-0.15, -0.1) is 0 Å². The van der Waals surface area contributed by atoms with Crippen LogP contribution >= 0.6 is 0 Å². The Morgan fingerprint density at radius 2 is 2.39 bits per heavy atom. The van der Waals surface area contributed by atoms with Crippen molar-refractivity contribution in [2.75, 3.05) is 18.5 Å². The molecule has 18 heavy (non-hydrogen) atoms. The van der Waals surface area contributed by atoms with E-state index < -0.39 is 11.9 Å². The van der Waals surface area contributed by atoms with Gasteiger partial charge in [0.1, 0.15) is 11.9 Å². The lowest BCUT2D eigenvalue weighted by molar-refractivity contribution is -0.121. The van der Waals surface area contributed by atoms with Crippen LogP contribution in [0.5, 0.6) is 0 Å². The van der Waals surface area contributed by atoms with Crippen molar-refractivity contribution in [2.24, 2.45) is 11.7 Å². The average molecular weight is 252 g/mol. The number of nitrogens with two attached hydrogens (primary N) is 1. The maximum absolute atomic E-state index is 13.1. The number of hydrogen-bond donors (Lipinski definition) is 2. The molecule has 1 saturated heterocycles. The van der Waals surface area contributed by atoms with Gasteiger partial charge in [0, 0.05) is 18.2 Å². The number of rotatable bonds is 4. The molecule has 0 saturated carbocycles. The second-order valence-corrected chi connectivity index (χ2v) is 4.51. The van der Waals surface area contributed by atoms with E-state index in [9.17, 15) is 9.18 Å². The average Bonchev–Trinajstić information content (AvgIpc) is 2.37. The highest BCUT2D eigenvalue weighted by Gasteiger charge is 2.28. The third kappa shape index (κ3) is 3.20. The molecule has 0 bridgehead atoms. The van der Waals surface area contributed by atoms with Crippen LogP contribution in [0.4, 0.5) is 10.1 Å². The SMILES string of the molecule is NC(=O)C(Nc1cccc(F)c1)C1CCCOC1. The summed E-state index contributed by atoms with van der Waals surface area (Å²) in [5, 5.41) is 2.99. The molecule has 98 valence electrons. The van der Waals surface area contributed by atoms with Crippen LogP contribution in [0.1, 0.15) is 12.8 Å². The minimum atomic E-state index is -0.521. The van der Waals surface area contributed by atoms with Crippen molar-refractivity contribution in [3.8, 4) is 0 Å². The lowest BCUT2D eigenvalue weighted by Gasteiger charge is -2.29. The van der Waals surface area contributed by atoms with E-state index >= 15 is 0 Å². The number of halogens is 1. The third-order valence-electron chi connectivity index (χ3n) is 3.12.